The van der Waals surface area contributed by atoms with E-state index in [1.165, 1.54) is 0 Å². The average Bonchev–Trinajstić information content (AvgIpc) is 2.81. The summed E-state index contributed by atoms with van der Waals surface area (Å²) in [6.45, 7) is 6.64. The molecular formula is C16H20N2O3. The van der Waals surface area contributed by atoms with Crippen molar-refractivity contribution >= 4 is 12.0 Å². The van der Waals surface area contributed by atoms with E-state index in [4.69, 9.17) is 4.74 Å². The van der Waals surface area contributed by atoms with Crippen molar-refractivity contribution in [2.45, 2.75) is 38.3 Å². The predicted molar refractivity (Wildman–Crippen MR) is 78.2 cm³/mol. The van der Waals surface area contributed by atoms with E-state index in [1.807, 2.05) is 45.0 Å². The summed E-state index contributed by atoms with van der Waals surface area (Å²) < 4.78 is 5.42. The first kappa shape index (κ1) is 13.9. The van der Waals surface area contributed by atoms with Gasteiger partial charge in [-0.25, -0.2) is 4.79 Å². The number of ether oxygens (including phenoxy) is 1. The van der Waals surface area contributed by atoms with Gasteiger partial charge in [0.2, 0.25) is 0 Å². The number of benzene rings is 1. The zero-order chi connectivity index (χ0) is 15.2. The van der Waals surface area contributed by atoms with Crippen LogP contribution in [0.4, 0.5) is 4.79 Å². The van der Waals surface area contributed by atoms with Crippen molar-refractivity contribution in [3.63, 3.8) is 0 Å². The summed E-state index contributed by atoms with van der Waals surface area (Å²) in [6, 6.07) is 7.57. The summed E-state index contributed by atoms with van der Waals surface area (Å²) >= 11 is 0. The van der Waals surface area contributed by atoms with Crippen LogP contribution in [0.15, 0.2) is 24.3 Å². The Labute approximate surface area is 124 Å². The normalized spacial score (nSPS) is 24.1. The molecule has 1 aromatic rings. The lowest BCUT2D eigenvalue weighted by atomic mass is 9.86. The SMILES string of the molecule is CC(C)(C)OC(=O)N1CC2NC(=O)c3ccccc3C2C1. The number of likely N-dealkylation sites (tertiary alicyclic amines) is 1. The first-order valence-corrected chi connectivity index (χ1v) is 7.23. The number of nitrogens with one attached hydrogen (secondary N) is 1. The fourth-order valence-electron chi connectivity index (χ4n) is 3.01. The molecule has 5 nitrogen and oxygen atoms in total. The van der Waals surface area contributed by atoms with Gasteiger partial charge in [0.05, 0.1) is 6.04 Å². The fraction of sp³-hybridized carbons (Fsp3) is 0.500. The number of nitrogens with zero attached hydrogens (tertiary/aromatic N) is 1. The van der Waals surface area contributed by atoms with Gasteiger partial charge in [0.1, 0.15) is 5.60 Å². The number of amides is 2. The molecule has 1 saturated heterocycles. The van der Waals surface area contributed by atoms with Gasteiger partial charge in [-0.2, -0.15) is 0 Å². The molecule has 112 valence electrons. The van der Waals surface area contributed by atoms with Gasteiger partial charge in [0.25, 0.3) is 5.91 Å². The molecule has 2 aliphatic rings. The van der Waals surface area contributed by atoms with Crippen LogP contribution in [-0.4, -0.2) is 41.6 Å². The van der Waals surface area contributed by atoms with Crippen molar-refractivity contribution < 1.29 is 14.3 Å². The summed E-state index contributed by atoms with van der Waals surface area (Å²) in [5.74, 6) is 0.0873. The summed E-state index contributed by atoms with van der Waals surface area (Å²) in [5, 5.41) is 2.99. The quantitative estimate of drug-likeness (QED) is 0.795. The highest BCUT2D eigenvalue weighted by molar-refractivity contribution is 5.97. The van der Waals surface area contributed by atoms with E-state index in [-0.39, 0.29) is 24.0 Å². The van der Waals surface area contributed by atoms with E-state index in [1.54, 1.807) is 4.90 Å². The van der Waals surface area contributed by atoms with Gasteiger partial charge < -0.3 is 15.0 Å². The van der Waals surface area contributed by atoms with E-state index < -0.39 is 5.60 Å². The smallest absolute Gasteiger partial charge is 0.410 e. The van der Waals surface area contributed by atoms with E-state index in [2.05, 4.69) is 5.32 Å². The molecule has 1 aromatic carbocycles. The third-order valence-electron chi connectivity index (χ3n) is 3.89. The van der Waals surface area contributed by atoms with Crippen LogP contribution in [0.25, 0.3) is 0 Å². The molecule has 2 aliphatic heterocycles. The molecule has 2 heterocycles. The van der Waals surface area contributed by atoms with Gasteiger partial charge in [0, 0.05) is 24.6 Å². The molecule has 1 fully saturated rings. The van der Waals surface area contributed by atoms with Crippen molar-refractivity contribution in [3.05, 3.63) is 35.4 Å². The summed E-state index contributed by atoms with van der Waals surface area (Å²) in [5.41, 5.74) is 1.23. The van der Waals surface area contributed by atoms with Crippen LogP contribution in [-0.2, 0) is 4.74 Å². The number of fused-ring (bicyclic) bond motifs is 3. The average molecular weight is 288 g/mol. The summed E-state index contributed by atoms with van der Waals surface area (Å²) in [7, 11) is 0. The summed E-state index contributed by atoms with van der Waals surface area (Å²) in [4.78, 5) is 26.0. The number of rotatable bonds is 0. The number of hydrogen-bond acceptors (Lipinski definition) is 3. The van der Waals surface area contributed by atoms with Crippen molar-refractivity contribution in [3.8, 4) is 0 Å². The molecule has 0 bridgehead atoms. The van der Waals surface area contributed by atoms with Crippen LogP contribution < -0.4 is 5.32 Å². The summed E-state index contributed by atoms with van der Waals surface area (Å²) in [6.07, 6.45) is -0.316. The lowest BCUT2D eigenvalue weighted by Gasteiger charge is -2.27. The van der Waals surface area contributed by atoms with E-state index in [0.29, 0.717) is 18.7 Å². The molecule has 2 amide bonds. The Morgan fingerprint density at radius 2 is 2.00 bits per heavy atom. The maximum absolute atomic E-state index is 12.2. The van der Waals surface area contributed by atoms with Crippen molar-refractivity contribution in [1.29, 1.82) is 0 Å². The molecule has 0 aromatic heterocycles. The fourth-order valence-corrected chi connectivity index (χ4v) is 3.01. The zero-order valence-electron chi connectivity index (χ0n) is 12.6. The predicted octanol–water partition coefficient (Wildman–Crippen LogP) is 2.13. The van der Waals surface area contributed by atoms with E-state index in [9.17, 15) is 9.59 Å². The molecule has 2 unspecified atom stereocenters. The molecule has 0 aliphatic carbocycles. The molecule has 0 spiro atoms. The van der Waals surface area contributed by atoms with Crippen LogP contribution in [0.2, 0.25) is 0 Å². The van der Waals surface area contributed by atoms with Gasteiger partial charge in [-0.3, -0.25) is 4.79 Å². The van der Waals surface area contributed by atoms with Crippen LogP contribution in [0.3, 0.4) is 0 Å². The lowest BCUT2D eigenvalue weighted by Crippen LogP contribution is -2.44. The molecule has 21 heavy (non-hydrogen) atoms. The van der Waals surface area contributed by atoms with E-state index in [0.717, 1.165) is 5.56 Å². The second kappa shape index (κ2) is 4.76. The van der Waals surface area contributed by atoms with Crippen LogP contribution in [0.5, 0.6) is 0 Å². The Hall–Kier alpha value is -2.04. The van der Waals surface area contributed by atoms with Gasteiger partial charge >= 0.3 is 6.09 Å². The first-order chi connectivity index (χ1) is 9.85. The maximum atomic E-state index is 12.2. The molecule has 3 rings (SSSR count). The topological polar surface area (TPSA) is 58.6 Å². The van der Waals surface area contributed by atoms with Gasteiger partial charge in [-0.1, -0.05) is 18.2 Å². The van der Waals surface area contributed by atoms with Crippen LogP contribution >= 0.6 is 0 Å². The Balaban J connectivity index is 1.81. The van der Waals surface area contributed by atoms with Crippen molar-refractivity contribution in [2.75, 3.05) is 13.1 Å². The van der Waals surface area contributed by atoms with Crippen molar-refractivity contribution in [2.24, 2.45) is 0 Å². The molecule has 0 saturated carbocycles. The molecule has 0 radical (unpaired) electrons. The highest BCUT2D eigenvalue weighted by atomic mass is 16.6. The minimum atomic E-state index is -0.508. The molecule has 5 heteroatoms. The third-order valence-corrected chi connectivity index (χ3v) is 3.89. The minimum absolute atomic E-state index is 0.0279. The Morgan fingerprint density at radius 1 is 1.29 bits per heavy atom. The lowest BCUT2D eigenvalue weighted by molar-refractivity contribution is 0.0288. The highest BCUT2D eigenvalue weighted by Gasteiger charge is 2.42. The van der Waals surface area contributed by atoms with Crippen LogP contribution in [0, 0.1) is 0 Å². The second-order valence-corrected chi connectivity index (χ2v) is 6.66. The monoisotopic (exact) mass is 288 g/mol. The van der Waals surface area contributed by atoms with Gasteiger partial charge in [0.15, 0.2) is 0 Å². The van der Waals surface area contributed by atoms with E-state index >= 15 is 0 Å². The van der Waals surface area contributed by atoms with Crippen LogP contribution in [0.1, 0.15) is 42.6 Å². The number of carbonyl (C=O) groups excluding carboxylic acids is 2. The second-order valence-electron chi connectivity index (χ2n) is 6.66. The van der Waals surface area contributed by atoms with Crippen molar-refractivity contribution in [1.82, 2.24) is 10.2 Å². The molecular weight excluding hydrogens is 268 g/mol. The maximum Gasteiger partial charge on any atom is 0.410 e. The molecule has 1 N–H and O–H groups in total. The third kappa shape index (κ3) is 2.60. The standard InChI is InChI=1S/C16H20N2O3/c1-16(2,3)21-15(20)18-8-12-10-6-4-5-7-11(10)14(19)17-13(12)9-18/h4-7,12-13H,8-9H2,1-3H3,(H,17,19). The first-order valence-electron chi connectivity index (χ1n) is 7.23. The largest absolute Gasteiger partial charge is 0.444 e. The highest BCUT2D eigenvalue weighted by Crippen LogP contribution is 2.34. The Morgan fingerprint density at radius 3 is 2.71 bits per heavy atom. The molecule has 2 atom stereocenters. The van der Waals surface area contributed by atoms with Gasteiger partial charge in [-0.05, 0) is 32.4 Å². The minimum Gasteiger partial charge on any atom is -0.444 e. The Bertz CT molecular complexity index is 591. The zero-order valence-corrected chi connectivity index (χ0v) is 12.6. The number of carbonyl (C=O) groups is 2. The number of hydrogen-bond donors (Lipinski definition) is 1. The Kier molecular flexibility index (Phi) is 3.15. The van der Waals surface area contributed by atoms with Gasteiger partial charge in [-0.15, -0.1) is 0 Å².